The van der Waals surface area contributed by atoms with Crippen molar-refractivity contribution in [2.75, 3.05) is 6.54 Å². The van der Waals surface area contributed by atoms with Crippen LogP contribution in [0.25, 0.3) is 10.9 Å². The number of nitrogens with zero attached hydrogens (tertiary/aromatic N) is 3. The van der Waals surface area contributed by atoms with E-state index >= 15 is 0 Å². The van der Waals surface area contributed by atoms with E-state index in [1.807, 2.05) is 25.2 Å². The molecule has 1 atom stereocenters. The average Bonchev–Trinajstić information content (AvgIpc) is 2.79. The smallest absolute Gasteiger partial charge is 0.286 e. The number of nitrogens with one attached hydrogen (secondary N) is 1. The van der Waals surface area contributed by atoms with Crippen molar-refractivity contribution in [1.82, 2.24) is 15.1 Å². The van der Waals surface area contributed by atoms with Gasteiger partial charge in [0.05, 0.1) is 17.5 Å². The zero-order valence-electron chi connectivity index (χ0n) is 10.6. The predicted molar refractivity (Wildman–Crippen MR) is 72.6 cm³/mol. The first kappa shape index (κ1) is 11.8. The Morgan fingerprint density at radius 1 is 1.58 bits per heavy atom. The summed E-state index contributed by atoms with van der Waals surface area (Å²) in [4.78, 5) is 12.0. The van der Waals surface area contributed by atoms with Gasteiger partial charge in [-0.3, -0.25) is 9.48 Å². The zero-order chi connectivity index (χ0) is 13.4. The Bertz CT molecular complexity index is 687. The molecule has 0 radical (unpaired) electrons. The number of amides is 1. The molecule has 0 aliphatic carbocycles. The van der Waals surface area contributed by atoms with Gasteiger partial charge in [0.1, 0.15) is 0 Å². The van der Waals surface area contributed by atoms with Crippen LogP contribution in [0, 0.1) is 11.2 Å². The van der Waals surface area contributed by atoms with Crippen LogP contribution in [-0.2, 0) is 11.8 Å². The zero-order valence-corrected chi connectivity index (χ0v) is 10.6. The van der Waals surface area contributed by atoms with E-state index < -0.39 is 0 Å². The van der Waals surface area contributed by atoms with Crippen molar-refractivity contribution in [3.63, 3.8) is 0 Å². The van der Waals surface area contributed by atoms with Crippen LogP contribution >= 0.6 is 0 Å². The maximum Gasteiger partial charge on any atom is 0.286 e. The van der Waals surface area contributed by atoms with Gasteiger partial charge in [-0.2, -0.15) is 5.10 Å². The number of carbonyl (C=O) groups excluding carboxylic acids is 1. The van der Waals surface area contributed by atoms with E-state index in [4.69, 9.17) is 0 Å². The van der Waals surface area contributed by atoms with Crippen LogP contribution < -0.4 is 5.32 Å². The van der Waals surface area contributed by atoms with Crippen molar-refractivity contribution in [1.29, 1.82) is 5.26 Å². The number of aryl methyl sites for hydroxylation is 1. The summed E-state index contributed by atoms with van der Waals surface area (Å²) in [5.74, 6) is 1.83. The van der Waals surface area contributed by atoms with Gasteiger partial charge in [0.2, 0.25) is 5.91 Å². The van der Waals surface area contributed by atoms with Crippen molar-refractivity contribution < 1.29 is 4.79 Å². The summed E-state index contributed by atoms with van der Waals surface area (Å²) < 4.78 is 1.79. The molecule has 0 spiro atoms. The summed E-state index contributed by atoms with van der Waals surface area (Å²) in [7, 11) is 1.88. The Balaban J connectivity index is 2.06. The Labute approximate surface area is 111 Å². The van der Waals surface area contributed by atoms with Gasteiger partial charge in [0.15, 0.2) is 0 Å². The SMILES string of the molecule is Cn1ncc2cc(C3B(C#N)CCNC3=O)ccc21. The molecule has 1 unspecified atom stereocenters. The van der Waals surface area contributed by atoms with Crippen molar-refractivity contribution in [3.8, 4) is 5.97 Å². The molecule has 1 aliphatic heterocycles. The number of aromatic nitrogens is 2. The summed E-state index contributed by atoms with van der Waals surface area (Å²) in [5, 5.41) is 17.2. The minimum atomic E-state index is -0.372. The van der Waals surface area contributed by atoms with Crippen LogP contribution in [0.4, 0.5) is 0 Å². The minimum Gasteiger partial charge on any atom is -0.357 e. The van der Waals surface area contributed by atoms with Gasteiger partial charge < -0.3 is 5.32 Å². The second-order valence-electron chi connectivity index (χ2n) is 4.88. The maximum atomic E-state index is 12.0. The molecular formula is C13H13BN4O. The topological polar surface area (TPSA) is 70.7 Å². The third-order valence-corrected chi connectivity index (χ3v) is 3.73. The second-order valence-corrected chi connectivity index (χ2v) is 4.88. The fourth-order valence-corrected chi connectivity index (χ4v) is 2.71. The standard InChI is InChI=1S/C13H13BN4O/c1-18-11-3-2-9(6-10(11)7-17-18)12-13(19)16-5-4-14(12)8-15/h2-3,6-7,12H,4-5H2,1H3,(H,16,19). The summed E-state index contributed by atoms with van der Waals surface area (Å²) in [6.07, 6.45) is 2.49. The summed E-state index contributed by atoms with van der Waals surface area (Å²) >= 11 is 0. The van der Waals surface area contributed by atoms with Crippen LogP contribution in [0.2, 0.25) is 6.32 Å². The van der Waals surface area contributed by atoms with Gasteiger partial charge in [-0.1, -0.05) is 6.07 Å². The summed E-state index contributed by atoms with van der Waals surface area (Å²) in [6, 6.07) is 5.83. The Hall–Kier alpha value is -2.29. The van der Waals surface area contributed by atoms with Crippen molar-refractivity contribution in [2.45, 2.75) is 12.1 Å². The van der Waals surface area contributed by atoms with Gasteiger partial charge in [0.25, 0.3) is 6.71 Å². The second kappa shape index (κ2) is 4.43. The lowest BCUT2D eigenvalue weighted by Gasteiger charge is -2.24. The minimum absolute atomic E-state index is 0.0546. The van der Waals surface area contributed by atoms with Crippen molar-refractivity contribution in [3.05, 3.63) is 30.0 Å². The highest BCUT2D eigenvalue weighted by atomic mass is 16.1. The van der Waals surface area contributed by atoms with E-state index in [9.17, 15) is 10.1 Å². The molecule has 0 saturated carbocycles. The molecule has 1 aliphatic rings. The number of hydrogen-bond acceptors (Lipinski definition) is 3. The van der Waals surface area contributed by atoms with Gasteiger partial charge in [-0.25, -0.2) is 5.26 Å². The number of nitriles is 1. The number of benzene rings is 1. The molecule has 6 heteroatoms. The third kappa shape index (κ3) is 1.87. The molecule has 0 bridgehead atoms. The molecule has 1 saturated heterocycles. The molecule has 3 rings (SSSR count). The fraction of sp³-hybridized carbons (Fsp3) is 0.308. The molecular weight excluding hydrogens is 239 g/mol. The van der Waals surface area contributed by atoms with E-state index in [0.717, 1.165) is 16.5 Å². The first-order chi connectivity index (χ1) is 9.20. The van der Waals surface area contributed by atoms with Gasteiger partial charge in [-0.05, 0) is 24.0 Å². The number of rotatable bonds is 1. The Kier molecular flexibility index (Phi) is 2.75. The number of fused-ring (bicyclic) bond motifs is 1. The Morgan fingerprint density at radius 3 is 3.21 bits per heavy atom. The highest BCUT2D eigenvalue weighted by Gasteiger charge is 2.36. The lowest BCUT2D eigenvalue weighted by molar-refractivity contribution is -0.121. The molecule has 2 aromatic rings. The van der Waals surface area contributed by atoms with Crippen LogP contribution in [0.15, 0.2) is 24.4 Å². The fourth-order valence-electron chi connectivity index (χ4n) is 2.71. The highest BCUT2D eigenvalue weighted by Crippen LogP contribution is 2.26. The molecule has 1 fully saturated rings. The molecule has 1 aromatic carbocycles. The first-order valence-electron chi connectivity index (χ1n) is 6.29. The normalized spacial score (nSPS) is 19.3. The van der Waals surface area contributed by atoms with Gasteiger partial charge in [-0.15, -0.1) is 0 Å². The molecule has 2 heterocycles. The average molecular weight is 252 g/mol. The lowest BCUT2D eigenvalue weighted by atomic mass is 9.37. The molecule has 1 N–H and O–H groups in total. The van der Waals surface area contributed by atoms with Crippen LogP contribution in [0.5, 0.6) is 0 Å². The van der Waals surface area contributed by atoms with Crippen LogP contribution in [0.1, 0.15) is 11.4 Å². The number of carbonyl (C=O) groups is 1. The van der Waals surface area contributed by atoms with Crippen molar-refractivity contribution in [2.24, 2.45) is 7.05 Å². The van der Waals surface area contributed by atoms with Crippen LogP contribution in [0.3, 0.4) is 0 Å². The molecule has 1 amide bonds. The van der Waals surface area contributed by atoms with E-state index in [2.05, 4.69) is 16.4 Å². The quantitative estimate of drug-likeness (QED) is 0.766. The number of hydrogen-bond donors (Lipinski definition) is 1. The molecule has 19 heavy (non-hydrogen) atoms. The monoisotopic (exact) mass is 252 g/mol. The van der Waals surface area contributed by atoms with Crippen molar-refractivity contribution >= 4 is 23.5 Å². The Morgan fingerprint density at radius 2 is 2.42 bits per heavy atom. The van der Waals surface area contributed by atoms with Gasteiger partial charge in [0, 0.05) is 24.9 Å². The van der Waals surface area contributed by atoms with E-state index in [1.165, 1.54) is 0 Å². The predicted octanol–water partition coefficient (Wildman–Crippen LogP) is 0.883. The van der Waals surface area contributed by atoms with E-state index in [0.29, 0.717) is 12.9 Å². The van der Waals surface area contributed by atoms with Crippen LogP contribution in [-0.4, -0.2) is 28.9 Å². The molecule has 5 nitrogen and oxygen atoms in total. The molecule has 1 aromatic heterocycles. The first-order valence-corrected chi connectivity index (χ1v) is 6.29. The van der Waals surface area contributed by atoms with E-state index in [-0.39, 0.29) is 18.4 Å². The lowest BCUT2D eigenvalue weighted by Crippen LogP contribution is -2.45. The highest BCUT2D eigenvalue weighted by molar-refractivity contribution is 6.72. The van der Waals surface area contributed by atoms with E-state index in [1.54, 1.807) is 10.9 Å². The van der Waals surface area contributed by atoms with Gasteiger partial charge >= 0.3 is 0 Å². The summed E-state index contributed by atoms with van der Waals surface area (Å²) in [6.45, 7) is 0.339. The third-order valence-electron chi connectivity index (χ3n) is 3.73. The largest absolute Gasteiger partial charge is 0.357 e. The molecule has 94 valence electrons. The maximum absolute atomic E-state index is 12.0. The summed E-state index contributed by atoms with van der Waals surface area (Å²) in [5.41, 5.74) is 1.91.